The van der Waals surface area contributed by atoms with Gasteiger partial charge in [-0.2, -0.15) is 13.1 Å². The number of piperidine rings is 1. The zero-order valence-corrected chi connectivity index (χ0v) is 13.3. The molecule has 5 nitrogen and oxygen atoms in total. The molecule has 124 valence electrons. The molecule has 0 aromatic heterocycles. The predicted octanol–water partition coefficient (Wildman–Crippen LogP) is 2.44. The summed E-state index contributed by atoms with van der Waals surface area (Å²) in [5, 5.41) is -0.178. The van der Waals surface area contributed by atoms with Crippen molar-refractivity contribution in [1.29, 1.82) is 0 Å². The molecule has 0 spiro atoms. The standard InChI is InChI=1S/C13H17ClF2N2O3S/c14-11-7-10(4-5-12(11)21-13(15)16)22(19,20)18-6-2-1-3-9(18)8-17/h4-5,7,9,13H,1-3,6,8,17H2. The van der Waals surface area contributed by atoms with Crippen LogP contribution in [0, 0.1) is 0 Å². The van der Waals surface area contributed by atoms with Gasteiger partial charge in [0, 0.05) is 19.1 Å². The van der Waals surface area contributed by atoms with Gasteiger partial charge in [0.15, 0.2) is 0 Å². The summed E-state index contributed by atoms with van der Waals surface area (Å²) in [5.41, 5.74) is 5.64. The van der Waals surface area contributed by atoms with E-state index in [1.807, 2.05) is 0 Å². The zero-order chi connectivity index (χ0) is 16.3. The molecule has 1 saturated heterocycles. The van der Waals surface area contributed by atoms with Gasteiger partial charge in [-0.25, -0.2) is 8.42 Å². The van der Waals surface area contributed by atoms with Crippen LogP contribution in [0.25, 0.3) is 0 Å². The molecule has 1 aromatic rings. The van der Waals surface area contributed by atoms with Crippen molar-refractivity contribution in [1.82, 2.24) is 4.31 Å². The topological polar surface area (TPSA) is 72.6 Å². The maximum atomic E-state index is 12.7. The monoisotopic (exact) mass is 354 g/mol. The van der Waals surface area contributed by atoms with Crippen molar-refractivity contribution in [3.63, 3.8) is 0 Å². The number of rotatable bonds is 5. The summed E-state index contributed by atoms with van der Waals surface area (Å²) >= 11 is 5.82. The van der Waals surface area contributed by atoms with Gasteiger partial charge in [0.05, 0.1) is 9.92 Å². The number of alkyl halides is 2. The molecule has 1 aliphatic heterocycles. The van der Waals surface area contributed by atoms with Crippen molar-refractivity contribution >= 4 is 21.6 Å². The fourth-order valence-electron chi connectivity index (χ4n) is 2.49. The Balaban J connectivity index is 2.31. The van der Waals surface area contributed by atoms with Crippen molar-refractivity contribution in [3.8, 4) is 5.75 Å². The van der Waals surface area contributed by atoms with Crippen LogP contribution >= 0.6 is 11.6 Å². The lowest BCUT2D eigenvalue weighted by Gasteiger charge is -2.33. The maximum absolute atomic E-state index is 12.7. The molecular weight excluding hydrogens is 338 g/mol. The molecule has 0 saturated carbocycles. The average Bonchev–Trinajstić information content (AvgIpc) is 2.48. The van der Waals surface area contributed by atoms with Crippen LogP contribution in [-0.4, -0.2) is 38.5 Å². The van der Waals surface area contributed by atoms with Gasteiger partial charge in [0.2, 0.25) is 10.0 Å². The fourth-order valence-corrected chi connectivity index (χ4v) is 4.52. The number of hydrogen-bond acceptors (Lipinski definition) is 4. The number of nitrogens with zero attached hydrogens (tertiary/aromatic N) is 1. The van der Waals surface area contributed by atoms with Crippen LogP contribution in [-0.2, 0) is 10.0 Å². The van der Waals surface area contributed by atoms with Crippen molar-refractivity contribution in [2.24, 2.45) is 5.73 Å². The van der Waals surface area contributed by atoms with Crippen LogP contribution in [0.5, 0.6) is 5.75 Å². The van der Waals surface area contributed by atoms with Crippen molar-refractivity contribution in [2.75, 3.05) is 13.1 Å². The van der Waals surface area contributed by atoms with Gasteiger partial charge in [0.25, 0.3) is 0 Å². The average molecular weight is 355 g/mol. The molecule has 2 rings (SSSR count). The van der Waals surface area contributed by atoms with Crippen LogP contribution in [0.2, 0.25) is 5.02 Å². The van der Waals surface area contributed by atoms with Crippen LogP contribution < -0.4 is 10.5 Å². The molecule has 0 amide bonds. The highest BCUT2D eigenvalue weighted by molar-refractivity contribution is 7.89. The van der Waals surface area contributed by atoms with E-state index in [9.17, 15) is 17.2 Å². The first kappa shape index (κ1) is 17.4. The van der Waals surface area contributed by atoms with Crippen molar-refractivity contribution < 1.29 is 21.9 Å². The Morgan fingerprint density at radius 2 is 2.14 bits per heavy atom. The number of nitrogens with two attached hydrogens (primary N) is 1. The Kier molecular flexibility index (Phi) is 5.60. The van der Waals surface area contributed by atoms with Crippen LogP contribution in [0.4, 0.5) is 8.78 Å². The van der Waals surface area contributed by atoms with E-state index >= 15 is 0 Å². The molecule has 1 atom stereocenters. The SMILES string of the molecule is NCC1CCCCN1S(=O)(=O)c1ccc(OC(F)F)c(Cl)c1. The zero-order valence-electron chi connectivity index (χ0n) is 11.7. The quantitative estimate of drug-likeness (QED) is 0.881. The highest BCUT2D eigenvalue weighted by atomic mass is 35.5. The van der Waals surface area contributed by atoms with E-state index < -0.39 is 16.6 Å². The van der Waals surface area contributed by atoms with Gasteiger partial charge in [-0.1, -0.05) is 18.0 Å². The highest BCUT2D eigenvalue weighted by Crippen LogP contribution is 2.31. The van der Waals surface area contributed by atoms with Crippen LogP contribution in [0.15, 0.2) is 23.1 Å². The van der Waals surface area contributed by atoms with E-state index in [0.717, 1.165) is 25.0 Å². The molecule has 1 fully saturated rings. The minimum absolute atomic E-state index is 0.0560. The number of ether oxygens (including phenoxy) is 1. The summed E-state index contributed by atoms with van der Waals surface area (Å²) in [4.78, 5) is -0.0560. The first-order valence-electron chi connectivity index (χ1n) is 6.82. The van der Waals surface area contributed by atoms with E-state index in [4.69, 9.17) is 17.3 Å². The molecule has 1 aromatic carbocycles. The molecule has 2 N–H and O–H groups in total. The summed E-state index contributed by atoms with van der Waals surface area (Å²) in [6.07, 6.45) is 2.39. The molecule has 0 bridgehead atoms. The number of hydrogen-bond donors (Lipinski definition) is 1. The third-order valence-electron chi connectivity index (χ3n) is 3.57. The van der Waals surface area contributed by atoms with Crippen molar-refractivity contribution in [2.45, 2.75) is 36.8 Å². The molecule has 9 heteroatoms. The summed E-state index contributed by atoms with van der Waals surface area (Å²) < 4.78 is 55.3. The van der Waals surface area contributed by atoms with Gasteiger partial charge in [0.1, 0.15) is 5.75 Å². The Morgan fingerprint density at radius 3 is 2.73 bits per heavy atom. The molecule has 22 heavy (non-hydrogen) atoms. The lowest BCUT2D eigenvalue weighted by Crippen LogP contribution is -2.47. The number of sulfonamides is 1. The maximum Gasteiger partial charge on any atom is 0.387 e. The second-order valence-electron chi connectivity index (χ2n) is 4.97. The summed E-state index contributed by atoms with van der Waals surface area (Å²) in [6.45, 7) is -2.40. The molecule has 1 unspecified atom stereocenters. The van der Waals surface area contributed by atoms with Gasteiger partial charge in [-0.05, 0) is 31.0 Å². The lowest BCUT2D eigenvalue weighted by atomic mass is 10.1. The minimum Gasteiger partial charge on any atom is -0.433 e. The smallest absolute Gasteiger partial charge is 0.387 e. The van der Waals surface area contributed by atoms with E-state index in [2.05, 4.69) is 4.74 Å². The number of benzene rings is 1. The second-order valence-corrected chi connectivity index (χ2v) is 7.27. The second kappa shape index (κ2) is 7.08. The van der Waals surface area contributed by atoms with E-state index in [0.29, 0.717) is 13.0 Å². The van der Waals surface area contributed by atoms with Gasteiger partial charge < -0.3 is 10.5 Å². The summed E-state index contributed by atoms with van der Waals surface area (Å²) in [7, 11) is -3.77. The Labute approximate surface area is 133 Å². The first-order valence-corrected chi connectivity index (χ1v) is 8.64. The molecule has 0 aliphatic carbocycles. The van der Waals surface area contributed by atoms with Crippen LogP contribution in [0.1, 0.15) is 19.3 Å². The largest absolute Gasteiger partial charge is 0.433 e. The van der Waals surface area contributed by atoms with Gasteiger partial charge in [-0.15, -0.1) is 0 Å². The molecular formula is C13H17ClF2N2O3S. The highest BCUT2D eigenvalue weighted by Gasteiger charge is 2.33. The Morgan fingerprint density at radius 1 is 1.41 bits per heavy atom. The predicted molar refractivity (Wildman–Crippen MR) is 78.7 cm³/mol. The molecule has 0 radical (unpaired) electrons. The van der Waals surface area contributed by atoms with Crippen LogP contribution in [0.3, 0.4) is 0 Å². The third-order valence-corrected chi connectivity index (χ3v) is 5.81. The number of halogens is 3. The van der Waals surface area contributed by atoms with Gasteiger partial charge >= 0.3 is 6.61 Å². The van der Waals surface area contributed by atoms with Gasteiger partial charge in [-0.3, -0.25) is 0 Å². The first-order chi connectivity index (χ1) is 10.4. The van der Waals surface area contributed by atoms with E-state index in [1.54, 1.807) is 0 Å². The fraction of sp³-hybridized carbons (Fsp3) is 0.538. The third kappa shape index (κ3) is 3.68. The summed E-state index contributed by atoms with van der Waals surface area (Å²) in [5.74, 6) is -0.260. The van der Waals surface area contributed by atoms with Crippen molar-refractivity contribution in [3.05, 3.63) is 23.2 Å². The lowest BCUT2D eigenvalue weighted by molar-refractivity contribution is -0.0498. The van der Waals surface area contributed by atoms with E-state index in [-0.39, 0.29) is 28.3 Å². The normalized spacial score (nSPS) is 20.3. The molecule has 1 heterocycles. The minimum atomic E-state index is -3.77. The Bertz CT molecular complexity index is 628. The molecule has 1 aliphatic rings. The summed E-state index contributed by atoms with van der Waals surface area (Å²) in [6, 6.07) is 3.20. The van der Waals surface area contributed by atoms with E-state index in [1.165, 1.54) is 10.4 Å². The Hall–Kier alpha value is -0.960.